The number of hydrogen-bond donors (Lipinski definition) is 0. The third-order valence-corrected chi connectivity index (χ3v) is 4.71. The number of fused-ring (bicyclic) bond motifs is 1. The summed E-state index contributed by atoms with van der Waals surface area (Å²) in [6.45, 7) is 5.67. The molecule has 0 bridgehead atoms. The number of aromatic nitrogens is 3. The molecule has 0 unspecified atom stereocenters. The lowest BCUT2D eigenvalue weighted by Gasteiger charge is -2.23. The molecule has 1 aromatic carbocycles. The summed E-state index contributed by atoms with van der Waals surface area (Å²) in [6, 6.07) is 14.1. The van der Waals surface area contributed by atoms with Crippen molar-refractivity contribution >= 4 is 11.0 Å². The topological polar surface area (TPSA) is 52.4 Å². The van der Waals surface area contributed by atoms with Crippen LogP contribution in [0.5, 0.6) is 5.88 Å². The van der Waals surface area contributed by atoms with Gasteiger partial charge in [0.25, 0.3) is 0 Å². The average Bonchev–Trinajstić information content (AvgIpc) is 2.79. The lowest BCUT2D eigenvalue weighted by molar-refractivity contribution is 0.0681. The summed E-state index contributed by atoms with van der Waals surface area (Å²) >= 11 is 0. The molecule has 1 saturated heterocycles. The summed E-state index contributed by atoms with van der Waals surface area (Å²) in [5.41, 5.74) is 3.15. The fraction of sp³-hybridized carbons (Fsp3) is 0.400. The molecule has 3 aromatic rings. The molecule has 6 heteroatoms. The van der Waals surface area contributed by atoms with Gasteiger partial charge in [-0.25, -0.2) is 9.97 Å². The van der Waals surface area contributed by atoms with Gasteiger partial charge in [-0.15, -0.1) is 0 Å². The Balaban J connectivity index is 1.48. The molecule has 2 aromatic heterocycles. The monoisotopic (exact) mass is 352 g/mol. The Morgan fingerprint density at radius 3 is 2.88 bits per heavy atom. The molecular weight excluding hydrogens is 328 g/mol. The van der Waals surface area contributed by atoms with E-state index < -0.39 is 0 Å². The molecule has 0 N–H and O–H groups in total. The Labute approximate surface area is 153 Å². The van der Waals surface area contributed by atoms with E-state index in [0.717, 1.165) is 42.2 Å². The van der Waals surface area contributed by atoms with Gasteiger partial charge in [0, 0.05) is 31.9 Å². The van der Waals surface area contributed by atoms with Crippen LogP contribution in [0.25, 0.3) is 11.0 Å². The van der Waals surface area contributed by atoms with E-state index in [1.54, 1.807) is 0 Å². The number of hydrogen-bond acceptors (Lipinski definition) is 5. The van der Waals surface area contributed by atoms with Gasteiger partial charge in [-0.2, -0.15) is 0 Å². The van der Waals surface area contributed by atoms with E-state index in [-0.39, 0.29) is 6.10 Å². The van der Waals surface area contributed by atoms with E-state index in [9.17, 15) is 0 Å². The van der Waals surface area contributed by atoms with Crippen molar-refractivity contribution in [3.05, 3.63) is 54.0 Å². The SMILES string of the molecule is Cc1cccc(O[C@H]2COCCN(Cc3nc4ccccc4n3C)C2)n1. The first-order valence-corrected chi connectivity index (χ1v) is 9.00. The molecule has 0 spiro atoms. The highest BCUT2D eigenvalue weighted by molar-refractivity contribution is 5.75. The van der Waals surface area contributed by atoms with E-state index in [1.807, 2.05) is 37.3 Å². The Bertz CT molecular complexity index is 892. The van der Waals surface area contributed by atoms with Crippen LogP contribution in [0, 0.1) is 6.92 Å². The predicted molar refractivity (Wildman–Crippen MR) is 100 cm³/mol. The highest BCUT2D eigenvalue weighted by Crippen LogP contribution is 2.17. The molecule has 1 fully saturated rings. The van der Waals surface area contributed by atoms with Gasteiger partial charge in [-0.05, 0) is 25.1 Å². The Kier molecular flexibility index (Phi) is 4.86. The highest BCUT2D eigenvalue weighted by Gasteiger charge is 2.22. The third kappa shape index (κ3) is 3.71. The minimum atomic E-state index is -0.0403. The maximum absolute atomic E-state index is 6.07. The van der Waals surface area contributed by atoms with Crippen LogP contribution in [-0.4, -0.2) is 51.8 Å². The summed E-state index contributed by atoms with van der Waals surface area (Å²) in [5.74, 6) is 1.71. The molecule has 4 rings (SSSR count). The smallest absolute Gasteiger partial charge is 0.213 e. The number of para-hydroxylation sites is 2. The van der Waals surface area contributed by atoms with E-state index in [4.69, 9.17) is 14.5 Å². The molecule has 26 heavy (non-hydrogen) atoms. The summed E-state index contributed by atoms with van der Waals surface area (Å²) in [4.78, 5) is 11.6. The van der Waals surface area contributed by atoms with Crippen molar-refractivity contribution in [3.63, 3.8) is 0 Å². The molecule has 0 saturated carbocycles. The van der Waals surface area contributed by atoms with Gasteiger partial charge in [-0.3, -0.25) is 4.90 Å². The third-order valence-electron chi connectivity index (χ3n) is 4.71. The number of aryl methyl sites for hydroxylation is 2. The van der Waals surface area contributed by atoms with Gasteiger partial charge in [-0.1, -0.05) is 18.2 Å². The van der Waals surface area contributed by atoms with Gasteiger partial charge in [0.2, 0.25) is 5.88 Å². The van der Waals surface area contributed by atoms with Crippen molar-refractivity contribution in [1.82, 2.24) is 19.4 Å². The Hall–Kier alpha value is -2.44. The first-order chi connectivity index (χ1) is 12.7. The fourth-order valence-corrected chi connectivity index (χ4v) is 3.35. The highest BCUT2D eigenvalue weighted by atomic mass is 16.5. The number of nitrogens with zero attached hydrogens (tertiary/aromatic N) is 4. The molecular formula is C20H24N4O2. The van der Waals surface area contributed by atoms with E-state index in [0.29, 0.717) is 19.1 Å². The first-order valence-electron chi connectivity index (χ1n) is 9.00. The molecule has 1 atom stereocenters. The van der Waals surface area contributed by atoms with Crippen molar-refractivity contribution in [2.75, 3.05) is 26.3 Å². The lowest BCUT2D eigenvalue weighted by Crippen LogP contribution is -2.36. The number of benzene rings is 1. The van der Waals surface area contributed by atoms with Gasteiger partial charge in [0.1, 0.15) is 11.9 Å². The summed E-state index contributed by atoms with van der Waals surface area (Å²) in [7, 11) is 2.07. The predicted octanol–water partition coefficient (Wildman–Crippen LogP) is 2.56. The van der Waals surface area contributed by atoms with Crippen molar-refractivity contribution in [2.45, 2.75) is 19.6 Å². The normalized spacial score (nSPS) is 18.8. The largest absolute Gasteiger partial charge is 0.471 e. The summed E-state index contributed by atoms with van der Waals surface area (Å²) < 4.78 is 14.0. The molecule has 6 nitrogen and oxygen atoms in total. The minimum Gasteiger partial charge on any atom is -0.471 e. The van der Waals surface area contributed by atoms with Crippen molar-refractivity contribution < 1.29 is 9.47 Å². The number of rotatable bonds is 4. The van der Waals surface area contributed by atoms with E-state index in [2.05, 4.69) is 33.6 Å². The second-order valence-electron chi connectivity index (χ2n) is 6.74. The Morgan fingerprint density at radius 2 is 2.04 bits per heavy atom. The zero-order chi connectivity index (χ0) is 17.9. The zero-order valence-corrected chi connectivity index (χ0v) is 15.3. The molecule has 1 aliphatic heterocycles. The van der Waals surface area contributed by atoms with Crippen LogP contribution in [0.2, 0.25) is 0 Å². The Morgan fingerprint density at radius 1 is 1.15 bits per heavy atom. The second-order valence-corrected chi connectivity index (χ2v) is 6.74. The molecule has 0 amide bonds. The van der Waals surface area contributed by atoms with Gasteiger partial charge < -0.3 is 14.0 Å². The van der Waals surface area contributed by atoms with Crippen LogP contribution in [-0.2, 0) is 18.3 Å². The zero-order valence-electron chi connectivity index (χ0n) is 15.3. The van der Waals surface area contributed by atoms with Crippen LogP contribution in [0.1, 0.15) is 11.5 Å². The van der Waals surface area contributed by atoms with Gasteiger partial charge in [0.15, 0.2) is 0 Å². The maximum atomic E-state index is 6.07. The summed E-state index contributed by atoms with van der Waals surface area (Å²) in [5, 5.41) is 0. The van der Waals surface area contributed by atoms with E-state index >= 15 is 0 Å². The van der Waals surface area contributed by atoms with Gasteiger partial charge in [0.05, 0.1) is 30.8 Å². The second kappa shape index (κ2) is 7.43. The number of pyridine rings is 1. The first kappa shape index (κ1) is 17.0. The molecule has 0 aliphatic carbocycles. The van der Waals surface area contributed by atoms with Crippen LogP contribution < -0.4 is 4.74 Å². The standard InChI is InChI=1S/C20H24N4O2/c1-15-6-5-9-20(21-15)26-16-12-24(10-11-25-14-16)13-19-22-17-7-3-4-8-18(17)23(19)2/h3-9,16H,10-14H2,1-2H3/t16-/m1/s1. The maximum Gasteiger partial charge on any atom is 0.213 e. The lowest BCUT2D eigenvalue weighted by atomic mass is 10.3. The van der Waals surface area contributed by atoms with Crippen LogP contribution in [0.3, 0.4) is 0 Å². The van der Waals surface area contributed by atoms with Gasteiger partial charge >= 0.3 is 0 Å². The van der Waals surface area contributed by atoms with Crippen molar-refractivity contribution in [1.29, 1.82) is 0 Å². The molecule has 1 aliphatic rings. The van der Waals surface area contributed by atoms with Crippen molar-refractivity contribution in [2.24, 2.45) is 7.05 Å². The van der Waals surface area contributed by atoms with Crippen molar-refractivity contribution in [3.8, 4) is 5.88 Å². The fourth-order valence-electron chi connectivity index (χ4n) is 3.35. The van der Waals surface area contributed by atoms with Crippen LogP contribution in [0.4, 0.5) is 0 Å². The van der Waals surface area contributed by atoms with Crippen LogP contribution >= 0.6 is 0 Å². The molecule has 3 heterocycles. The number of ether oxygens (including phenoxy) is 2. The molecule has 136 valence electrons. The number of imidazole rings is 1. The van der Waals surface area contributed by atoms with E-state index in [1.165, 1.54) is 0 Å². The minimum absolute atomic E-state index is 0.0403. The average molecular weight is 352 g/mol. The molecule has 0 radical (unpaired) electrons. The summed E-state index contributed by atoms with van der Waals surface area (Å²) in [6.07, 6.45) is -0.0403. The quantitative estimate of drug-likeness (QED) is 0.722. The van der Waals surface area contributed by atoms with Crippen LogP contribution in [0.15, 0.2) is 42.5 Å².